The maximum absolute atomic E-state index is 11.8. The number of rotatable bonds is 5. The average Bonchev–Trinajstić information content (AvgIpc) is 2.12. The van der Waals surface area contributed by atoms with Crippen LogP contribution in [-0.4, -0.2) is 36.5 Å². The largest absolute Gasteiger partial charge is 0.405 e. The third-order valence-electron chi connectivity index (χ3n) is 1.76. The molecule has 0 radical (unpaired) electrons. The molecule has 4 nitrogen and oxygen atoms in total. The summed E-state index contributed by atoms with van der Waals surface area (Å²) in [6.07, 6.45) is -3.92. The van der Waals surface area contributed by atoms with E-state index in [-0.39, 0.29) is 12.5 Å². The molecule has 0 bridgehead atoms. The summed E-state index contributed by atoms with van der Waals surface area (Å²) in [5.74, 6) is 0.236. The van der Waals surface area contributed by atoms with Gasteiger partial charge in [0.15, 0.2) is 0 Å². The van der Waals surface area contributed by atoms with Crippen molar-refractivity contribution in [2.75, 3.05) is 13.2 Å². The molecule has 7 heteroatoms. The number of urea groups is 1. The summed E-state index contributed by atoms with van der Waals surface area (Å²) in [7, 11) is 0. The first kappa shape index (κ1) is 15.0. The molecule has 2 amide bonds. The Kier molecular flexibility index (Phi) is 6.17. The van der Waals surface area contributed by atoms with Gasteiger partial charge < -0.3 is 15.7 Å². The minimum absolute atomic E-state index is 0.236. The van der Waals surface area contributed by atoms with Crippen LogP contribution in [0.2, 0.25) is 0 Å². The lowest BCUT2D eigenvalue weighted by Gasteiger charge is -2.18. The highest BCUT2D eigenvalue weighted by atomic mass is 19.4. The van der Waals surface area contributed by atoms with Crippen molar-refractivity contribution in [2.24, 2.45) is 5.92 Å². The van der Waals surface area contributed by atoms with Crippen molar-refractivity contribution < 1.29 is 23.1 Å². The molecule has 0 aromatic rings. The van der Waals surface area contributed by atoms with Gasteiger partial charge in [-0.2, -0.15) is 13.2 Å². The van der Waals surface area contributed by atoms with Crippen LogP contribution in [0.3, 0.4) is 0 Å². The Bertz CT molecular complexity index is 219. The molecule has 1 atom stereocenters. The second-order valence-electron chi connectivity index (χ2n) is 3.95. The fraction of sp³-hybridized carbons (Fsp3) is 0.889. The molecule has 0 aliphatic rings. The zero-order valence-corrected chi connectivity index (χ0v) is 9.27. The van der Waals surface area contributed by atoms with Gasteiger partial charge in [-0.1, -0.05) is 13.8 Å². The molecule has 0 heterocycles. The van der Waals surface area contributed by atoms with Gasteiger partial charge in [0.1, 0.15) is 6.54 Å². The van der Waals surface area contributed by atoms with Gasteiger partial charge in [0.05, 0.1) is 12.6 Å². The summed E-state index contributed by atoms with van der Waals surface area (Å²) in [4.78, 5) is 11.0. The molecule has 0 aliphatic carbocycles. The summed E-state index contributed by atoms with van der Waals surface area (Å²) >= 11 is 0. The first-order valence-corrected chi connectivity index (χ1v) is 4.96. The molecule has 0 aromatic carbocycles. The van der Waals surface area contributed by atoms with Gasteiger partial charge in [0.2, 0.25) is 0 Å². The molecular formula is C9H17F3N2O2. The second-order valence-corrected chi connectivity index (χ2v) is 3.95. The van der Waals surface area contributed by atoms with Crippen molar-refractivity contribution in [3.8, 4) is 0 Å². The second kappa shape index (κ2) is 6.57. The van der Waals surface area contributed by atoms with Crippen molar-refractivity contribution in [3.05, 3.63) is 0 Å². The van der Waals surface area contributed by atoms with Crippen LogP contribution in [0.5, 0.6) is 0 Å². The van der Waals surface area contributed by atoms with Crippen LogP contribution in [0.25, 0.3) is 0 Å². The first-order valence-electron chi connectivity index (χ1n) is 4.96. The number of aliphatic hydroxyl groups excluding tert-OH is 1. The molecule has 0 rings (SSSR count). The summed E-state index contributed by atoms with van der Waals surface area (Å²) in [6, 6.07) is -1.44. The lowest BCUT2D eigenvalue weighted by atomic mass is 10.0. The summed E-state index contributed by atoms with van der Waals surface area (Å²) in [5, 5.41) is 12.8. The average molecular weight is 242 g/mol. The van der Waals surface area contributed by atoms with Crippen molar-refractivity contribution in [1.29, 1.82) is 0 Å². The topological polar surface area (TPSA) is 61.4 Å². The van der Waals surface area contributed by atoms with E-state index in [9.17, 15) is 18.0 Å². The van der Waals surface area contributed by atoms with E-state index in [2.05, 4.69) is 5.32 Å². The smallest absolute Gasteiger partial charge is 0.394 e. The van der Waals surface area contributed by atoms with Crippen LogP contribution >= 0.6 is 0 Å². The molecule has 16 heavy (non-hydrogen) atoms. The lowest BCUT2D eigenvalue weighted by molar-refractivity contribution is -0.122. The van der Waals surface area contributed by atoms with Crippen LogP contribution in [0.15, 0.2) is 0 Å². The van der Waals surface area contributed by atoms with Crippen LogP contribution < -0.4 is 10.6 Å². The molecule has 0 aliphatic heterocycles. The Morgan fingerprint density at radius 2 is 1.94 bits per heavy atom. The number of alkyl halides is 3. The Morgan fingerprint density at radius 3 is 2.31 bits per heavy atom. The molecular weight excluding hydrogens is 225 g/mol. The van der Waals surface area contributed by atoms with Gasteiger partial charge in [-0.25, -0.2) is 4.79 Å². The van der Waals surface area contributed by atoms with Crippen molar-refractivity contribution >= 4 is 6.03 Å². The van der Waals surface area contributed by atoms with E-state index in [1.54, 1.807) is 5.32 Å². The summed E-state index contributed by atoms with van der Waals surface area (Å²) in [6.45, 7) is 2.10. The first-order chi connectivity index (χ1) is 7.24. The molecule has 1 unspecified atom stereocenters. The van der Waals surface area contributed by atoms with Crippen LogP contribution in [-0.2, 0) is 0 Å². The van der Waals surface area contributed by atoms with E-state index in [4.69, 9.17) is 5.11 Å². The molecule has 0 saturated carbocycles. The number of halogens is 3. The highest BCUT2D eigenvalue weighted by Crippen LogP contribution is 2.12. The van der Waals surface area contributed by atoms with E-state index >= 15 is 0 Å². The van der Waals surface area contributed by atoms with Gasteiger partial charge in [-0.05, 0) is 12.3 Å². The molecule has 0 fully saturated rings. The zero-order chi connectivity index (χ0) is 12.8. The molecule has 0 spiro atoms. The van der Waals surface area contributed by atoms with Gasteiger partial charge in [0, 0.05) is 0 Å². The summed E-state index contributed by atoms with van der Waals surface area (Å²) in [5.41, 5.74) is 0. The van der Waals surface area contributed by atoms with E-state index in [1.807, 2.05) is 13.8 Å². The fourth-order valence-electron chi connectivity index (χ4n) is 1.17. The summed E-state index contributed by atoms with van der Waals surface area (Å²) < 4.78 is 35.3. The Balaban J connectivity index is 3.92. The third kappa shape index (κ3) is 8.34. The van der Waals surface area contributed by atoms with Gasteiger partial charge in [-0.15, -0.1) is 0 Å². The maximum Gasteiger partial charge on any atom is 0.405 e. The van der Waals surface area contributed by atoms with Crippen molar-refractivity contribution in [3.63, 3.8) is 0 Å². The van der Waals surface area contributed by atoms with Crippen LogP contribution in [0.1, 0.15) is 20.3 Å². The SMILES string of the molecule is CC(C)CC(CO)NC(=O)NCC(F)(F)F. The monoisotopic (exact) mass is 242 g/mol. The Hall–Kier alpha value is -0.980. The minimum atomic E-state index is -4.43. The zero-order valence-electron chi connectivity index (χ0n) is 9.27. The minimum Gasteiger partial charge on any atom is -0.394 e. The van der Waals surface area contributed by atoms with E-state index in [0.29, 0.717) is 6.42 Å². The van der Waals surface area contributed by atoms with Gasteiger partial charge >= 0.3 is 12.2 Å². The molecule has 3 N–H and O–H groups in total. The predicted molar refractivity (Wildman–Crippen MR) is 52.9 cm³/mol. The van der Waals surface area contributed by atoms with Gasteiger partial charge in [0.25, 0.3) is 0 Å². The standard InChI is InChI=1S/C9H17F3N2O2/c1-6(2)3-7(4-15)14-8(16)13-5-9(10,11)12/h6-7,15H,3-5H2,1-2H3,(H2,13,14,16). The Morgan fingerprint density at radius 1 is 1.38 bits per heavy atom. The molecule has 0 saturated heterocycles. The number of nitrogens with one attached hydrogen (secondary N) is 2. The lowest BCUT2D eigenvalue weighted by Crippen LogP contribution is -2.46. The molecule has 96 valence electrons. The fourth-order valence-corrected chi connectivity index (χ4v) is 1.17. The van der Waals surface area contributed by atoms with E-state index in [0.717, 1.165) is 0 Å². The number of aliphatic hydroxyl groups is 1. The van der Waals surface area contributed by atoms with E-state index in [1.165, 1.54) is 0 Å². The number of hydrogen-bond donors (Lipinski definition) is 3. The number of hydrogen-bond acceptors (Lipinski definition) is 2. The highest BCUT2D eigenvalue weighted by Gasteiger charge is 2.28. The predicted octanol–water partition coefficient (Wildman–Crippen LogP) is 1.25. The third-order valence-corrected chi connectivity index (χ3v) is 1.76. The van der Waals surface area contributed by atoms with Crippen LogP contribution in [0.4, 0.5) is 18.0 Å². The van der Waals surface area contributed by atoms with Crippen LogP contribution in [0, 0.1) is 5.92 Å². The van der Waals surface area contributed by atoms with Gasteiger partial charge in [-0.3, -0.25) is 0 Å². The number of carbonyl (C=O) groups excluding carboxylic acids is 1. The highest BCUT2D eigenvalue weighted by molar-refractivity contribution is 5.74. The number of carbonyl (C=O) groups is 1. The quantitative estimate of drug-likeness (QED) is 0.679. The number of amides is 2. The Labute approximate surface area is 92.2 Å². The maximum atomic E-state index is 11.8. The van der Waals surface area contributed by atoms with Crippen molar-refractivity contribution in [1.82, 2.24) is 10.6 Å². The normalized spacial score (nSPS) is 13.7. The van der Waals surface area contributed by atoms with E-state index < -0.39 is 24.8 Å². The van der Waals surface area contributed by atoms with Crippen molar-refractivity contribution in [2.45, 2.75) is 32.5 Å². The molecule has 0 aromatic heterocycles.